The van der Waals surface area contributed by atoms with E-state index in [9.17, 15) is 34.8 Å². The Morgan fingerprint density at radius 2 is 1.12 bits per heavy atom. The maximum absolute atomic E-state index is 12.0. The highest BCUT2D eigenvalue weighted by Gasteiger charge is 2.51. The fourth-order valence-corrected chi connectivity index (χ4v) is 3.57. The molecule has 194 valence electrons. The number of amides is 1. The third-order valence-corrected chi connectivity index (χ3v) is 5.74. The van der Waals surface area contributed by atoms with Gasteiger partial charge in [-0.2, -0.15) is 0 Å². The number of unbranched alkanes of at least 4 members (excludes halogenated alkanes) is 13. The van der Waals surface area contributed by atoms with Crippen molar-refractivity contribution in [1.29, 1.82) is 0 Å². The first-order chi connectivity index (χ1) is 15.6. The van der Waals surface area contributed by atoms with E-state index in [1.807, 2.05) is 0 Å². The molecule has 0 spiro atoms. The smallest absolute Gasteiger partial charge is 0.360 e. The molecule has 0 unspecified atom stereocenters. The number of carboxylic acid groups (broad SMARTS) is 2. The van der Waals surface area contributed by atoms with Gasteiger partial charge in [0.25, 0.3) is 5.72 Å². The van der Waals surface area contributed by atoms with Crippen molar-refractivity contribution < 1.29 is 45.0 Å². The molecule has 0 saturated carbocycles. The first kappa shape index (κ1) is 31.2. The van der Waals surface area contributed by atoms with Gasteiger partial charge >= 0.3 is 11.9 Å². The van der Waals surface area contributed by atoms with E-state index in [4.69, 9.17) is 10.2 Å². The largest absolute Gasteiger partial charge is 0.479 e. The molecule has 0 fully saturated rings. The van der Waals surface area contributed by atoms with Crippen LogP contribution in [0.3, 0.4) is 0 Å². The van der Waals surface area contributed by atoms with Gasteiger partial charge in [0.1, 0.15) is 12.2 Å². The Kier molecular flexibility index (Phi) is 16.8. The number of hydrogen-bond acceptors (Lipinski definition) is 7. The molecule has 33 heavy (non-hydrogen) atoms. The molecule has 10 nitrogen and oxygen atoms in total. The predicted molar refractivity (Wildman–Crippen MR) is 121 cm³/mol. The molecule has 0 aromatic heterocycles. The van der Waals surface area contributed by atoms with Crippen LogP contribution in [0.15, 0.2) is 0 Å². The Labute approximate surface area is 196 Å². The molecule has 7 N–H and O–H groups in total. The molecule has 0 bridgehead atoms. The summed E-state index contributed by atoms with van der Waals surface area (Å²) in [4.78, 5) is 34.0. The Hall–Kier alpha value is -1.75. The van der Waals surface area contributed by atoms with Gasteiger partial charge in [0, 0.05) is 6.42 Å². The van der Waals surface area contributed by atoms with E-state index >= 15 is 0 Å². The van der Waals surface area contributed by atoms with Crippen molar-refractivity contribution >= 4 is 17.8 Å². The van der Waals surface area contributed by atoms with Crippen LogP contribution in [0.1, 0.15) is 103 Å². The lowest BCUT2D eigenvalue weighted by molar-refractivity contribution is -0.201. The quantitative estimate of drug-likeness (QED) is 0.0958. The molecular weight excluding hydrogens is 434 g/mol. The standard InChI is InChI=1S/C23H43NO9/c1-2-3-4-5-6-7-8-9-10-11-12-13-14-15-16-17(25)24-23(33,22(31)32)20(28)18(26)19(27)21(29)30/h18-20,26-28,33H,2-16H2,1H3,(H,24,25)(H,29,30)(H,31,32)/t18-,19+,20+,23-/m1/s1. The van der Waals surface area contributed by atoms with E-state index in [0.29, 0.717) is 6.42 Å². The first-order valence-electron chi connectivity index (χ1n) is 12.1. The lowest BCUT2D eigenvalue weighted by atomic mass is 9.97. The minimum atomic E-state index is -3.34. The van der Waals surface area contributed by atoms with Crippen LogP contribution in [-0.2, 0) is 14.4 Å². The van der Waals surface area contributed by atoms with Crippen molar-refractivity contribution in [1.82, 2.24) is 5.32 Å². The summed E-state index contributed by atoms with van der Waals surface area (Å²) in [7, 11) is 0. The Bertz CT molecular complexity index is 572. The van der Waals surface area contributed by atoms with Crippen molar-refractivity contribution in [2.24, 2.45) is 0 Å². The van der Waals surface area contributed by atoms with Crippen molar-refractivity contribution in [3.63, 3.8) is 0 Å². The molecule has 0 aliphatic carbocycles. The van der Waals surface area contributed by atoms with E-state index in [1.54, 1.807) is 5.32 Å². The molecule has 10 heteroatoms. The van der Waals surface area contributed by atoms with Crippen LogP contribution in [0.4, 0.5) is 0 Å². The Morgan fingerprint density at radius 1 is 0.727 bits per heavy atom. The maximum atomic E-state index is 12.0. The molecule has 0 saturated heterocycles. The molecule has 1 amide bonds. The number of hydrogen-bond donors (Lipinski definition) is 7. The maximum Gasteiger partial charge on any atom is 0.360 e. The van der Waals surface area contributed by atoms with Crippen LogP contribution in [0.5, 0.6) is 0 Å². The Balaban J connectivity index is 4.05. The van der Waals surface area contributed by atoms with Crippen molar-refractivity contribution in [2.75, 3.05) is 0 Å². The van der Waals surface area contributed by atoms with Gasteiger partial charge in [0.05, 0.1) is 0 Å². The predicted octanol–water partition coefficient (Wildman–Crippen LogP) is 1.91. The summed E-state index contributed by atoms with van der Waals surface area (Å²) < 4.78 is 0. The third-order valence-electron chi connectivity index (χ3n) is 5.74. The van der Waals surface area contributed by atoms with Gasteiger partial charge in [0.15, 0.2) is 6.10 Å². The zero-order valence-corrected chi connectivity index (χ0v) is 19.7. The van der Waals surface area contributed by atoms with E-state index < -0.39 is 41.9 Å². The molecule has 0 aromatic rings. The van der Waals surface area contributed by atoms with Gasteiger partial charge < -0.3 is 36.0 Å². The topological polar surface area (TPSA) is 185 Å². The van der Waals surface area contributed by atoms with Gasteiger partial charge in [-0.15, -0.1) is 0 Å². The molecule has 0 aliphatic rings. The number of aliphatic hydroxyl groups excluding tert-OH is 3. The van der Waals surface area contributed by atoms with Gasteiger partial charge in [-0.25, -0.2) is 9.59 Å². The lowest BCUT2D eigenvalue weighted by Crippen LogP contribution is -2.67. The minimum Gasteiger partial charge on any atom is -0.479 e. The zero-order chi connectivity index (χ0) is 25.3. The number of carbonyl (C=O) groups is 3. The van der Waals surface area contributed by atoms with Gasteiger partial charge in [-0.3, -0.25) is 4.79 Å². The molecule has 0 aromatic carbocycles. The SMILES string of the molecule is CCCCCCCCCCCCCCCCC(=O)N[C@](O)(C(=O)O)[C@@H](O)[C@H](O)[C@H](O)C(=O)O. The summed E-state index contributed by atoms with van der Waals surface area (Å²) in [5.74, 6) is -4.90. The summed E-state index contributed by atoms with van der Waals surface area (Å²) in [6.07, 6.45) is 7.93. The van der Waals surface area contributed by atoms with Gasteiger partial charge in [-0.1, -0.05) is 90.4 Å². The van der Waals surface area contributed by atoms with E-state index in [0.717, 1.165) is 25.7 Å². The summed E-state index contributed by atoms with van der Waals surface area (Å²) in [5.41, 5.74) is -3.34. The van der Waals surface area contributed by atoms with Crippen LogP contribution >= 0.6 is 0 Å². The summed E-state index contributed by atoms with van der Waals surface area (Å²) in [5, 5.41) is 58.3. The van der Waals surface area contributed by atoms with Crippen molar-refractivity contribution in [2.45, 2.75) is 127 Å². The highest BCUT2D eigenvalue weighted by Crippen LogP contribution is 2.16. The second-order valence-corrected chi connectivity index (χ2v) is 8.68. The monoisotopic (exact) mass is 477 g/mol. The van der Waals surface area contributed by atoms with E-state index in [-0.39, 0.29) is 6.42 Å². The average molecular weight is 478 g/mol. The van der Waals surface area contributed by atoms with Crippen LogP contribution in [0.2, 0.25) is 0 Å². The normalized spacial score (nSPS) is 15.9. The second kappa shape index (κ2) is 17.7. The first-order valence-corrected chi connectivity index (χ1v) is 12.1. The number of aliphatic carboxylic acids is 2. The van der Waals surface area contributed by atoms with Crippen LogP contribution in [-0.4, -0.2) is 72.5 Å². The number of nitrogens with one attached hydrogen (secondary N) is 1. The molecule has 0 heterocycles. The van der Waals surface area contributed by atoms with Gasteiger partial charge in [0.2, 0.25) is 5.91 Å². The second-order valence-electron chi connectivity index (χ2n) is 8.68. The fourth-order valence-electron chi connectivity index (χ4n) is 3.57. The van der Waals surface area contributed by atoms with Gasteiger partial charge in [-0.05, 0) is 6.42 Å². The molecule has 0 radical (unpaired) electrons. The van der Waals surface area contributed by atoms with Crippen LogP contribution in [0, 0.1) is 0 Å². The highest BCUT2D eigenvalue weighted by molar-refractivity contribution is 5.86. The number of rotatable bonds is 21. The van der Waals surface area contributed by atoms with Crippen LogP contribution < -0.4 is 5.32 Å². The zero-order valence-electron chi connectivity index (χ0n) is 19.7. The lowest BCUT2D eigenvalue weighted by Gasteiger charge is -2.33. The third kappa shape index (κ3) is 12.9. The van der Waals surface area contributed by atoms with Crippen molar-refractivity contribution in [3.05, 3.63) is 0 Å². The fraction of sp³-hybridized carbons (Fsp3) is 0.870. The number of carbonyl (C=O) groups excluding carboxylic acids is 1. The average Bonchev–Trinajstić information content (AvgIpc) is 2.77. The Morgan fingerprint density at radius 3 is 1.48 bits per heavy atom. The molecular formula is C23H43NO9. The molecule has 0 aliphatic heterocycles. The summed E-state index contributed by atoms with van der Waals surface area (Å²) in [6.45, 7) is 2.21. The van der Waals surface area contributed by atoms with E-state index in [1.165, 1.54) is 57.8 Å². The summed E-state index contributed by atoms with van der Waals surface area (Å²) in [6, 6.07) is 0. The summed E-state index contributed by atoms with van der Waals surface area (Å²) >= 11 is 0. The highest BCUT2D eigenvalue weighted by atomic mass is 16.5. The minimum absolute atomic E-state index is 0.113. The number of aliphatic hydroxyl groups is 4. The van der Waals surface area contributed by atoms with E-state index in [2.05, 4.69) is 6.92 Å². The number of carboxylic acids is 2. The molecule has 0 rings (SSSR count). The van der Waals surface area contributed by atoms with Crippen LogP contribution in [0.25, 0.3) is 0 Å². The molecule has 4 atom stereocenters. The van der Waals surface area contributed by atoms with Crippen molar-refractivity contribution in [3.8, 4) is 0 Å².